The molecule has 1 atom stereocenters. The van der Waals surface area contributed by atoms with Crippen molar-refractivity contribution >= 4 is 12.2 Å². The zero-order valence-electron chi connectivity index (χ0n) is 10.9. The molecule has 0 N–H and O–H groups in total. The van der Waals surface area contributed by atoms with Crippen LogP contribution in [0.1, 0.15) is 17.3 Å². The lowest BCUT2D eigenvalue weighted by molar-refractivity contribution is -0.340. The Hall–Kier alpha value is -1.74. The number of aldehydes is 1. The van der Waals surface area contributed by atoms with Gasteiger partial charge in [0, 0.05) is 26.0 Å². The van der Waals surface area contributed by atoms with Crippen molar-refractivity contribution in [2.75, 3.05) is 25.2 Å². The van der Waals surface area contributed by atoms with Crippen LogP contribution in [0.15, 0.2) is 12.4 Å². The number of ether oxygens (including phenoxy) is 2. The molecule has 1 aromatic heterocycles. The lowest BCUT2D eigenvalue weighted by Gasteiger charge is -2.29. The first-order valence-electron chi connectivity index (χ1n) is 5.64. The van der Waals surface area contributed by atoms with Gasteiger partial charge in [-0.25, -0.2) is 9.97 Å². The van der Waals surface area contributed by atoms with Crippen molar-refractivity contribution < 1.29 is 27.4 Å². The Balaban J connectivity index is 2.88. The summed E-state index contributed by atoms with van der Waals surface area (Å²) in [6.07, 6.45) is -3.12. The Labute approximate surface area is 113 Å². The standard InChI is InChI=1S/C11H14F3N3O3/c1-8(20-11(12,13)14)17(3-4-19-2)10-15-5-9(7-18)6-16-10/h5-8H,3-4H2,1-2H3. The molecule has 0 fully saturated rings. The van der Waals surface area contributed by atoms with E-state index in [1.807, 2.05) is 0 Å². The van der Waals surface area contributed by atoms with Crippen LogP contribution in [-0.2, 0) is 9.47 Å². The Morgan fingerprint density at radius 3 is 2.45 bits per heavy atom. The second-order valence-electron chi connectivity index (χ2n) is 3.78. The number of anilines is 1. The molecule has 1 unspecified atom stereocenters. The van der Waals surface area contributed by atoms with Crippen LogP contribution in [-0.4, -0.2) is 49.1 Å². The molecule has 1 rings (SSSR count). The van der Waals surface area contributed by atoms with Crippen molar-refractivity contribution in [3.63, 3.8) is 0 Å². The van der Waals surface area contributed by atoms with Crippen LogP contribution in [0.3, 0.4) is 0 Å². The third-order valence-corrected chi connectivity index (χ3v) is 2.33. The second-order valence-corrected chi connectivity index (χ2v) is 3.78. The highest BCUT2D eigenvalue weighted by molar-refractivity contribution is 5.73. The summed E-state index contributed by atoms with van der Waals surface area (Å²) >= 11 is 0. The fourth-order valence-corrected chi connectivity index (χ4v) is 1.43. The molecule has 6 nitrogen and oxygen atoms in total. The molecule has 0 aliphatic rings. The number of aromatic nitrogens is 2. The first-order valence-corrected chi connectivity index (χ1v) is 5.64. The van der Waals surface area contributed by atoms with Crippen molar-refractivity contribution in [3.05, 3.63) is 18.0 Å². The van der Waals surface area contributed by atoms with E-state index in [2.05, 4.69) is 14.7 Å². The van der Waals surface area contributed by atoms with Gasteiger partial charge in [-0.3, -0.25) is 9.53 Å². The summed E-state index contributed by atoms with van der Waals surface area (Å²) in [6, 6.07) is 0. The van der Waals surface area contributed by atoms with E-state index in [0.717, 1.165) is 0 Å². The van der Waals surface area contributed by atoms with E-state index in [1.54, 1.807) is 0 Å². The van der Waals surface area contributed by atoms with Crippen molar-refractivity contribution in [1.82, 2.24) is 9.97 Å². The molecule has 0 aromatic carbocycles. The molecule has 0 radical (unpaired) electrons. The second kappa shape index (κ2) is 7.15. The quantitative estimate of drug-likeness (QED) is 0.562. The van der Waals surface area contributed by atoms with Gasteiger partial charge in [0.2, 0.25) is 5.95 Å². The summed E-state index contributed by atoms with van der Waals surface area (Å²) in [7, 11) is 1.42. The fourth-order valence-electron chi connectivity index (χ4n) is 1.43. The SMILES string of the molecule is COCCN(c1ncc(C=O)cn1)C(C)OC(F)(F)F. The summed E-state index contributed by atoms with van der Waals surface area (Å²) in [4.78, 5) is 19.3. The van der Waals surface area contributed by atoms with E-state index < -0.39 is 12.6 Å². The highest BCUT2D eigenvalue weighted by Gasteiger charge is 2.34. The van der Waals surface area contributed by atoms with Crippen molar-refractivity contribution in [1.29, 1.82) is 0 Å². The Bertz CT molecular complexity index is 425. The van der Waals surface area contributed by atoms with Gasteiger partial charge >= 0.3 is 6.36 Å². The molecule has 0 amide bonds. The molecule has 9 heteroatoms. The Kier molecular flexibility index (Phi) is 5.83. The molecule has 112 valence electrons. The van der Waals surface area contributed by atoms with Crippen LogP contribution in [0.4, 0.5) is 19.1 Å². The van der Waals surface area contributed by atoms with E-state index >= 15 is 0 Å². The van der Waals surface area contributed by atoms with Gasteiger partial charge in [-0.2, -0.15) is 0 Å². The van der Waals surface area contributed by atoms with Crippen LogP contribution < -0.4 is 4.90 Å². The van der Waals surface area contributed by atoms with Gasteiger partial charge in [-0.05, 0) is 6.92 Å². The number of carbonyl (C=O) groups excluding carboxylic acids is 1. The molecular formula is C11H14F3N3O3. The number of hydrogen-bond donors (Lipinski definition) is 0. The first kappa shape index (κ1) is 16.3. The number of carbonyl (C=O) groups is 1. The minimum atomic E-state index is -4.77. The minimum absolute atomic E-state index is 0.0180. The van der Waals surface area contributed by atoms with E-state index in [1.165, 1.54) is 31.3 Å². The van der Waals surface area contributed by atoms with Crippen molar-refractivity contribution in [3.8, 4) is 0 Å². The maximum Gasteiger partial charge on any atom is 0.524 e. The van der Waals surface area contributed by atoms with E-state index in [-0.39, 0.29) is 24.7 Å². The van der Waals surface area contributed by atoms with Gasteiger partial charge < -0.3 is 9.64 Å². The number of rotatable bonds is 7. The lowest BCUT2D eigenvalue weighted by atomic mass is 10.4. The summed E-state index contributed by atoms with van der Waals surface area (Å²) in [6.45, 7) is 1.50. The Morgan fingerprint density at radius 1 is 1.40 bits per heavy atom. The fraction of sp³-hybridized carbons (Fsp3) is 0.545. The molecule has 1 aromatic rings. The highest BCUT2D eigenvalue weighted by Crippen LogP contribution is 2.22. The van der Waals surface area contributed by atoms with Gasteiger partial charge in [0.15, 0.2) is 6.29 Å². The molecule has 20 heavy (non-hydrogen) atoms. The molecule has 0 aliphatic heterocycles. The lowest BCUT2D eigenvalue weighted by Crippen LogP contribution is -2.41. The molecule has 0 aliphatic carbocycles. The first-order chi connectivity index (χ1) is 9.37. The van der Waals surface area contributed by atoms with Gasteiger partial charge in [-0.15, -0.1) is 13.2 Å². The topological polar surface area (TPSA) is 64.5 Å². The maximum absolute atomic E-state index is 12.3. The number of alkyl halides is 3. The van der Waals surface area contributed by atoms with Crippen LogP contribution in [0, 0.1) is 0 Å². The summed E-state index contributed by atoms with van der Waals surface area (Å²) < 4.78 is 45.5. The average Bonchev–Trinajstić information content (AvgIpc) is 2.38. The smallest absolute Gasteiger partial charge is 0.383 e. The zero-order valence-corrected chi connectivity index (χ0v) is 10.9. The van der Waals surface area contributed by atoms with Crippen LogP contribution in [0.25, 0.3) is 0 Å². The van der Waals surface area contributed by atoms with Crippen LogP contribution >= 0.6 is 0 Å². The molecule has 0 spiro atoms. The minimum Gasteiger partial charge on any atom is -0.383 e. The third kappa shape index (κ3) is 5.10. The summed E-state index contributed by atoms with van der Waals surface area (Å²) in [5.41, 5.74) is 0.227. The summed E-state index contributed by atoms with van der Waals surface area (Å²) in [5, 5.41) is 0. The predicted molar refractivity (Wildman–Crippen MR) is 63.2 cm³/mol. The highest BCUT2D eigenvalue weighted by atomic mass is 19.4. The summed E-state index contributed by atoms with van der Waals surface area (Å²) in [5.74, 6) is 0.0180. The van der Waals surface area contributed by atoms with Crippen LogP contribution in [0.5, 0.6) is 0 Å². The molecule has 0 saturated heterocycles. The normalized spacial score (nSPS) is 13.1. The van der Waals surface area contributed by atoms with E-state index in [9.17, 15) is 18.0 Å². The number of halogens is 3. The van der Waals surface area contributed by atoms with Gasteiger partial charge in [0.1, 0.15) is 6.23 Å². The van der Waals surface area contributed by atoms with Crippen LogP contribution in [0.2, 0.25) is 0 Å². The predicted octanol–water partition coefficient (Wildman–Crippen LogP) is 1.62. The zero-order chi connectivity index (χ0) is 15.2. The molecule has 0 saturated carbocycles. The average molecular weight is 293 g/mol. The van der Waals surface area contributed by atoms with Gasteiger partial charge in [0.05, 0.1) is 12.2 Å². The van der Waals surface area contributed by atoms with E-state index in [0.29, 0.717) is 6.29 Å². The monoisotopic (exact) mass is 293 g/mol. The third-order valence-electron chi connectivity index (χ3n) is 2.33. The number of hydrogen-bond acceptors (Lipinski definition) is 6. The largest absolute Gasteiger partial charge is 0.524 e. The number of nitrogens with zero attached hydrogens (tertiary/aromatic N) is 3. The molecule has 0 bridgehead atoms. The van der Waals surface area contributed by atoms with Gasteiger partial charge in [-0.1, -0.05) is 0 Å². The molecular weight excluding hydrogens is 279 g/mol. The number of methoxy groups -OCH3 is 1. The Morgan fingerprint density at radius 2 is 2.00 bits per heavy atom. The maximum atomic E-state index is 12.3. The van der Waals surface area contributed by atoms with E-state index in [4.69, 9.17) is 4.74 Å². The molecule has 1 heterocycles. The van der Waals surface area contributed by atoms with Gasteiger partial charge in [0.25, 0.3) is 0 Å². The van der Waals surface area contributed by atoms with Crippen molar-refractivity contribution in [2.45, 2.75) is 19.5 Å². The van der Waals surface area contributed by atoms with Crippen molar-refractivity contribution in [2.24, 2.45) is 0 Å².